The number of nitrogens with two attached hydrogens (primary N) is 1. The van der Waals surface area contributed by atoms with Gasteiger partial charge in [-0.1, -0.05) is 0 Å². The number of aromatic carboxylic acids is 1. The molecule has 0 spiro atoms. The van der Waals surface area contributed by atoms with Crippen molar-refractivity contribution in [1.29, 1.82) is 0 Å². The molecule has 5 heteroatoms. The zero-order chi connectivity index (χ0) is 14.0. The summed E-state index contributed by atoms with van der Waals surface area (Å²) in [4.78, 5) is 11.1. The third-order valence-electron chi connectivity index (χ3n) is 2.73. The van der Waals surface area contributed by atoms with Crippen LogP contribution in [0.1, 0.15) is 15.9 Å². The van der Waals surface area contributed by atoms with Crippen molar-refractivity contribution in [2.24, 2.45) is 0 Å². The van der Waals surface area contributed by atoms with Gasteiger partial charge in [0.15, 0.2) is 0 Å². The minimum atomic E-state index is -1.05. The monoisotopic (exact) mass is 260 g/mol. The van der Waals surface area contributed by atoms with Crippen LogP contribution in [0.3, 0.4) is 0 Å². The van der Waals surface area contributed by atoms with Gasteiger partial charge in [-0.05, 0) is 48.9 Å². The Balaban J connectivity index is 2.42. The van der Waals surface area contributed by atoms with Crippen molar-refractivity contribution in [2.75, 3.05) is 11.1 Å². The van der Waals surface area contributed by atoms with Crippen molar-refractivity contribution in [3.63, 3.8) is 0 Å². The number of nitrogens with one attached hydrogen (secondary N) is 1. The number of carbonyl (C=O) groups is 1. The Morgan fingerprint density at radius 3 is 2.58 bits per heavy atom. The average molecular weight is 260 g/mol. The summed E-state index contributed by atoms with van der Waals surface area (Å²) >= 11 is 0. The molecule has 2 aromatic carbocycles. The van der Waals surface area contributed by atoms with Crippen LogP contribution in [-0.4, -0.2) is 11.1 Å². The second-order valence-corrected chi connectivity index (χ2v) is 4.19. The lowest BCUT2D eigenvalue weighted by Gasteiger charge is -2.12. The van der Waals surface area contributed by atoms with Crippen molar-refractivity contribution in [3.8, 4) is 0 Å². The highest BCUT2D eigenvalue weighted by molar-refractivity contribution is 5.96. The maximum Gasteiger partial charge on any atom is 0.337 e. The number of rotatable bonds is 3. The van der Waals surface area contributed by atoms with Crippen LogP contribution >= 0.6 is 0 Å². The van der Waals surface area contributed by atoms with Crippen molar-refractivity contribution in [1.82, 2.24) is 0 Å². The van der Waals surface area contributed by atoms with Crippen molar-refractivity contribution in [3.05, 3.63) is 53.3 Å². The predicted molar refractivity (Wildman–Crippen MR) is 72.2 cm³/mol. The number of hydrogen-bond donors (Lipinski definition) is 3. The third kappa shape index (κ3) is 2.82. The molecule has 0 unspecified atom stereocenters. The highest BCUT2D eigenvalue weighted by atomic mass is 19.1. The molecule has 19 heavy (non-hydrogen) atoms. The molecule has 2 aromatic rings. The van der Waals surface area contributed by atoms with E-state index < -0.39 is 5.97 Å². The van der Waals surface area contributed by atoms with Crippen molar-refractivity contribution >= 4 is 23.0 Å². The predicted octanol–water partition coefficient (Wildman–Crippen LogP) is 3.16. The summed E-state index contributed by atoms with van der Waals surface area (Å²) in [5, 5.41) is 12.1. The van der Waals surface area contributed by atoms with Gasteiger partial charge in [0.2, 0.25) is 0 Å². The summed E-state index contributed by atoms with van der Waals surface area (Å²) in [6, 6.07) is 8.72. The minimum Gasteiger partial charge on any atom is -0.478 e. The van der Waals surface area contributed by atoms with Gasteiger partial charge < -0.3 is 16.2 Å². The quantitative estimate of drug-likeness (QED) is 0.741. The Hall–Kier alpha value is -2.56. The Morgan fingerprint density at radius 1 is 1.21 bits per heavy atom. The van der Waals surface area contributed by atoms with Crippen molar-refractivity contribution < 1.29 is 14.3 Å². The molecule has 0 aromatic heterocycles. The molecule has 0 atom stereocenters. The number of carboxylic acids is 1. The molecular weight excluding hydrogens is 247 g/mol. The second kappa shape index (κ2) is 4.97. The molecule has 98 valence electrons. The Labute approximate surface area is 109 Å². The molecule has 0 heterocycles. The van der Waals surface area contributed by atoms with Crippen LogP contribution in [0.15, 0.2) is 36.4 Å². The maximum absolute atomic E-state index is 13.0. The molecule has 0 saturated carbocycles. The first-order valence-electron chi connectivity index (χ1n) is 5.63. The highest BCUT2D eigenvalue weighted by Gasteiger charge is 2.11. The highest BCUT2D eigenvalue weighted by Crippen LogP contribution is 2.26. The fourth-order valence-electron chi connectivity index (χ4n) is 1.76. The van der Waals surface area contributed by atoms with E-state index in [0.717, 1.165) is 0 Å². The number of aryl methyl sites for hydroxylation is 1. The first kappa shape index (κ1) is 12.9. The fraction of sp³-hybridized carbons (Fsp3) is 0.0714. The van der Waals surface area contributed by atoms with E-state index in [-0.39, 0.29) is 11.4 Å². The lowest BCUT2D eigenvalue weighted by Crippen LogP contribution is -2.04. The number of hydrogen-bond acceptors (Lipinski definition) is 3. The zero-order valence-corrected chi connectivity index (χ0v) is 10.3. The molecule has 0 fully saturated rings. The smallest absolute Gasteiger partial charge is 0.337 e. The standard InChI is InChI=1S/C14H13FN2O2/c1-8-6-9(15)2-5-12(8)17-13-7-10(16)3-4-11(13)14(18)19/h2-7,17H,16H2,1H3,(H,18,19). The van der Waals surface area contributed by atoms with Gasteiger partial charge in [-0.15, -0.1) is 0 Å². The molecule has 0 aliphatic rings. The van der Waals surface area contributed by atoms with Gasteiger partial charge in [0.25, 0.3) is 0 Å². The van der Waals surface area contributed by atoms with Crippen LogP contribution in [0.5, 0.6) is 0 Å². The fourth-order valence-corrected chi connectivity index (χ4v) is 1.76. The molecule has 0 bridgehead atoms. The first-order chi connectivity index (χ1) is 8.97. The van der Waals surface area contributed by atoms with E-state index in [4.69, 9.17) is 10.8 Å². The van der Waals surface area contributed by atoms with Gasteiger partial charge in [0.05, 0.1) is 11.3 Å². The summed E-state index contributed by atoms with van der Waals surface area (Å²) in [6.07, 6.45) is 0. The van der Waals surface area contributed by atoms with Crippen LogP contribution in [-0.2, 0) is 0 Å². The van der Waals surface area contributed by atoms with Crippen LogP contribution < -0.4 is 11.1 Å². The van der Waals surface area contributed by atoms with Crippen molar-refractivity contribution in [2.45, 2.75) is 6.92 Å². The summed E-state index contributed by atoms with van der Waals surface area (Å²) < 4.78 is 13.0. The molecule has 2 rings (SSSR count). The van der Waals surface area contributed by atoms with E-state index in [9.17, 15) is 9.18 Å². The lowest BCUT2D eigenvalue weighted by atomic mass is 10.1. The Kier molecular flexibility index (Phi) is 3.37. The SMILES string of the molecule is Cc1cc(F)ccc1Nc1cc(N)ccc1C(=O)O. The number of halogens is 1. The van der Waals surface area contributed by atoms with Gasteiger partial charge in [0, 0.05) is 11.4 Å². The van der Waals surface area contributed by atoms with Crippen LogP contribution in [0.2, 0.25) is 0 Å². The summed E-state index contributed by atoms with van der Waals surface area (Å²) in [6.45, 7) is 1.73. The molecule has 0 radical (unpaired) electrons. The van der Waals surface area contributed by atoms with Gasteiger partial charge >= 0.3 is 5.97 Å². The lowest BCUT2D eigenvalue weighted by molar-refractivity contribution is 0.0698. The van der Waals surface area contributed by atoms with E-state index in [0.29, 0.717) is 22.6 Å². The van der Waals surface area contributed by atoms with E-state index >= 15 is 0 Å². The minimum absolute atomic E-state index is 0.109. The van der Waals surface area contributed by atoms with Gasteiger partial charge in [-0.2, -0.15) is 0 Å². The summed E-state index contributed by atoms with van der Waals surface area (Å²) in [5.74, 6) is -1.39. The number of anilines is 3. The Morgan fingerprint density at radius 2 is 1.95 bits per heavy atom. The molecule has 4 nitrogen and oxygen atoms in total. The molecule has 0 amide bonds. The van der Waals surface area contributed by atoms with E-state index in [2.05, 4.69) is 5.32 Å². The average Bonchev–Trinajstić information content (AvgIpc) is 2.32. The topological polar surface area (TPSA) is 75.3 Å². The number of benzene rings is 2. The van der Waals surface area contributed by atoms with Crippen LogP contribution in [0.25, 0.3) is 0 Å². The normalized spacial score (nSPS) is 10.2. The maximum atomic E-state index is 13.0. The van der Waals surface area contributed by atoms with Crippen LogP contribution in [0, 0.1) is 12.7 Å². The molecule has 4 N–H and O–H groups in total. The van der Waals surface area contributed by atoms with E-state index in [1.807, 2.05) is 0 Å². The molecule has 0 aliphatic heterocycles. The zero-order valence-electron chi connectivity index (χ0n) is 10.3. The number of nitrogen functional groups attached to an aromatic ring is 1. The number of carboxylic acid groups (broad SMARTS) is 1. The summed E-state index contributed by atoms with van der Waals surface area (Å²) in [7, 11) is 0. The Bertz CT molecular complexity index is 641. The summed E-state index contributed by atoms with van der Waals surface area (Å²) in [5.41, 5.74) is 7.90. The molecule has 0 aliphatic carbocycles. The van der Waals surface area contributed by atoms with E-state index in [1.165, 1.54) is 30.3 Å². The van der Waals surface area contributed by atoms with E-state index in [1.54, 1.807) is 13.0 Å². The van der Waals surface area contributed by atoms with Gasteiger partial charge in [-0.25, -0.2) is 9.18 Å². The first-order valence-corrected chi connectivity index (χ1v) is 5.63. The molecule has 0 saturated heterocycles. The third-order valence-corrected chi connectivity index (χ3v) is 2.73. The largest absolute Gasteiger partial charge is 0.478 e. The molecular formula is C14H13FN2O2. The van der Waals surface area contributed by atoms with Gasteiger partial charge in [-0.3, -0.25) is 0 Å². The second-order valence-electron chi connectivity index (χ2n) is 4.19. The van der Waals surface area contributed by atoms with Crippen LogP contribution in [0.4, 0.5) is 21.5 Å². The van der Waals surface area contributed by atoms with Gasteiger partial charge in [0.1, 0.15) is 5.82 Å².